The van der Waals surface area contributed by atoms with Crippen molar-refractivity contribution in [3.05, 3.63) is 40.5 Å². The van der Waals surface area contributed by atoms with Crippen molar-refractivity contribution >= 4 is 29.2 Å². The first kappa shape index (κ1) is 14.7. The molecule has 0 aliphatic heterocycles. The van der Waals surface area contributed by atoms with Crippen LogP contribution in [-0.4, -0.2) is 31.8 Å². The number of hydrogen-bond donors (Lipinski definition) is 4. The third kappa shape index (κ3) is 2.90. The van der Waals surface area contributed by atoms with E-state index in [1.165, 1.54) is 29.1 Å². The van der Waals surface area contributed by atoms with Crippen molar-refractivity contribution in [2.45, 2.75) is 0 Å². The molecule has 0 atom stereocenters. The van der Waals surface area contributed by atoms with Gasteiger partial charge in [0.2, 0.25) is 0 Å². The molecule has 1 heterocycles. The molecule has 0 fully saturated rings. The SMILES string of the molecule is Cn1ncc(C(N)=NO)c1NC(=O)c1ccc(O)c(Cl)c1. The second kappa shape index (κ2) is 5.71. The molecule has 0 aliphatic rings. The Morgan fingerprint density at radius 3 is 2.86 bits per heavy atom. The maximum Gasteiger partial charge on any atom is 0.256 e. The van der Waals surface area contributed by atoms with Crippen LogP contribution in [0.4, 0.5) is 5.82 Å². The number of carbonyl (C=O) groups is 1. The first-order valence-electron chi connectivity index (χ1n) is 5.73. The van der Waals surface area contributed by atoms with E-state index in [4.69, 9.17) is 22.5 Å². The number of nitrogens with zero attached hydrogens (tertiary/aromatic N) is 3. The van der Waals surface area contributed by atoms with E-state index in [-0.39, 0.29) is 33.6 Å². The fourth-order valence-corrected chi connectivity index (χ4v) is 1.84. The fourth-order valence-electron chi connectivity index (χ4n) is 1.65. The molecule has 1 aromatic heterocycles. The lowest BCUT2D eigenvalue weighted by atomic mass is 10.2. The Kier molecular flexibility index (Phi) is 3.99. The highest BCUT2D eigenvalue weighted by Crippen LogP contribution is 2.24. The number of hydrogen-bond acceptors (Lipinski definition) is 5. The molecule has 21 heavy (non-hydrogen) atoms. The third-order valence-electron chi connectivity index (χ3n) is 2.76. The first-order chi connectivity index (χ1) is 9.93. The molecule has 0 unspecified atom stereocenters. The summed E-state index contributed by atoms with van der Waals surface area (Å²) in [6.07, 6.45) is 1.36. The molecule has 0 saturated heterocycles. The quantitative estimate of drug-likeness (QED) is 0.292. The molecule has 1 aromatic carbocycles. The summed E-state index contributed by atoms with van der Waals surface area (Å²) in [4.78, 5) is 12.2. The van der Waals surface area contributed by atoms with Crippen molar-refractivity contribution in [1.82, 2.24) is 9.78 Å². The molecule has 0 radical (unpaired) electrons. The average Bonchev–Trinajstić information content (AvgIpc) is 2.82. The van der Waals surface area contributed by atoms with Gasteiger partial charge in [-0.3, -0.25) is 9.48 Å². The van der Waals surface area contributed by atoms with Crippen molar-refractivity contribution in [1.29, 1.82) is 0 Å². The molecule has 5 N–H and O–H groups in total. The number of nitrogens with two attached hydrogens (primary N) is 1. The van der Waals surface area contributed by atoms with Crippen LogP contribution >= 0.6 is 11.6 Å². The van der Waals surface area contributed by atoms with E-state index in [9.17, 15) is 9.90 Å². The van der Waals surface area contributed by atoms with Crippen LogP contribution in [0.5, 0.6) is 5.75 Å². The van der Waals surface area contributed by atoms with Gasteiger partial charge in [-0.05, 0) is 18.2 Å². The van der Waals surface area contributed by atoms with E-state index < -0.39 is 5.91 Å². The van der Waals surface area contributed by atoms with Crippen LogP contribution in [0.15, 0.2) is 29.6 Å². The molecule has 0 saturated carbocycles. The lowest BCUT2D eigenvalue weighted by molar-refractivity contribution is 0.102. The van der Waals surface area contributed by atoms with Gasteiger partial charge in [-0.25, -0.2) is 0 Å². The predicted octanol–water partition coefficient (Wildman–Crippen LogP) is 1.13. The Morgan fingerprint density at radius 1 is 1.52 bits per heavy atom. The van der Waals surface area contributed by atoms with Gasteiger partial charge in [0.25, 0.3) is 5.91 Å². The minimum atomic E-state index is -0.479. The highest BCUT2D eigenvalue weighted by atomic mass is 35.5. The third-order valence-corrected chi connectivity index (χ3v) is 3.07. The number of benzene rings is 1. The van der Waals surface area contributed by atoms with Crippen LogP contribution in [0.25, 0.3) is 0 Å². The summed E-state index contributed by atoms with van der Waals surface area (Å²) in [6.45, 7) is 0. The van der Waals surface area contributed by atoms with Gasteiger partial charge in [-0.1, -0.05) is 16.8 Å². The Balaban J connectivity index is 2.31. The number of amides is 1. The largest absolute Gasteiger partial charge is 0.506 e. The molecule has 9 heteroatoms. The number of halogens is 1. The molecule has 0 aliphatic carbocycles. The lowest BCUT2D eigenvalue weighted by Crippen LogP contribution is -2.20. The Hall–Kier alpha value is -2.74. The van der Waals surface area contributed by atoms with Crippen molar-refractivity contribution in [2.24, 2.45) is 17.9 Å². The van der Waals surface area contributed by atoms with Crippen molar-refractivity contribution < 1.29 is 15.1 Å². The minimum Gasteiger partial charge on any atom is -0.506 e. The molecule has 8 nitrogen and oxygen atoms in total. The van der Waals surface area contributed by atoms with E-state index in [0.29, 0.717) is 0 Å². The van der Waals surface area contributed by atoms with Crippen molar-refractivity contribution in [3.63, 3.8) is 0 Å². The smallest absolute Gasteiger partial charge is 0.256 e. The molecular weight excluding hydrogens is 298 g/mol. The topological polar surface area (TPSA) is 126 Å². The number of phenols is 1. The number of amidine groups is 1. The molecule has 1 amide bonds. The van der Waals surface area contributed by atoms with Gasteiger partial charge in [0.1, 0.15) is 11.6 Å². The minimum absolute atomic E-state index is 0.0596. The second-order valence-corrected chi connectivity index (χ2v) is 4.54. The fraction of sp³-hybridized carbons (Fsp3) is 0.0833. The van der Waals surface area contributed by atoms with Crippen LogP contribution < -0.4 is 11.1 Å². The van der Waals surface area contributed by atoms with Crippen LogP contribution in [0, 0.1) is 0 Å². The summed E-state index contributed by atoms with van der Waals surface area (Å²) >= 11 is 5.76. The Morgan fingerprint density at radius 2 is 2.24 bits per heavy atom. The summed E-state index contributed by atoms with van der Waals surface area (Å²) in [5.41, 5.74) is 6.02. The number of aromatic hydroxyl groups is 1. The Bertz CT molecular complexity index is 726. The first-order valence-corrected chi connectivity index (χ1v) is 6.11. The zero-order valence-electron chi connectivity index (χ0n) is 10.9. The molecule has 2 aromatic rings. The molecule has 110 valence electrons. The summed E-state index contributed by atoms with van der Waals surface area (Å²) < 4.78 is 1.37. The van der Waals surface area contributed by atoms with Crippen LogP contribution in [-0.2, 0) is 7.05 Å². The van der Waals surface area contributed by atoms with Gasteiger partial charge in [0, 0.05) is 12.6 Å². The highest BCUT2D eigenvalue weighted by Gasteiger charge is 2.16. The number of nitrogens with one attached hydrogen (secondary N) is 1. The zero-order valence-corrected chi connectivity index (χ0v) is 11.7. The second-order valence-electron chi connectivity index (χ2n) is 4.14. The van der Waals surface area contributed by atoms with Crippen LogP contribution in [0.1, 0.15) is 15.9 Å². The normalized spacial score (nSPS) is 11.4. The van der Waals surface area contributed by atoms with E-state index in [1.54, 1.807) is 7.05 Å². The van der Waals surface area contributed by atoms with Crippen molar-refractivity contribution in [2.75, 3.05) is 5.32 Å². The average molecular weight is 310 g/mol. The van der Waals surface area contributed by atoms with Gasteiger partial charge in [0.05, 0.1) is 16.8 Å². The van der Waals surface area contributed by atoms with E-state index >= 15 is 0 Å². The maximum absolute atomic E-state index is 12.2. The molecular formula is C12H12ClN5O3. The van der Waals surface area contributed by atoms with Gasteiger partial charge >= 0.3 is 0 Å². The predicted molar refractivity (Wildman–Crippen MR) is 76.8 cm³/mol. The van der Waals surface area contributed by atoms with E-state index in [2.05, 4.69) is 15.6 Å². The van der Waals surface area contributed by atoms with Crippen LogP contribution in [0.2, 0.25) is 5.02 Å². The monoisotopic (exact) mass is 309 g/mol. The number of rotatable bonds is 3. The van der Waals surface area contributed by atoms with Crippen molar-refractivity contribution in [3.8, 4) is 5.75 Å². The molecule has 0 spiro atoms. The van der Waals surface area contributed by atoms with Crippen LogP contribution in [0.3, 0.4) is 0 Å². The zero-order chi connectivity index (χ0) is 15.6. The number of anilines is 1. The standard InChI is InChI=1S/C12H12ClN5O3/c1-18-11(7(5-15-18)10(14)17-21)16-12(20)6-2-3-9(19)8(13)4-6/h2-5,19,21H,1H3,(H2,14,17)(H,16,20). The van der Waals surface area contributed by atoms with Gasteiger partial charge in [-0.15, -0.1) is 0 Å². The Labute approximate surface area is 124 Å². The number of oxime groups is 1. The number of aryl methyl sites for hydroxylation is 1. The molecule has 0 bridgehead atoms. The number of aromatic nitrogens is 2. The molecule has 2 rings (SSSR count). The van der Waals surface area contributed by atoms with E-state index in [1.807, 2.05) is 0 Å². The summed E-state index contributed by atoms with van der Waals surface area (Å²) in [5, 5.41) is 27.5. The van der Waals surface area contributed by atoms with E-state index in [0.717, 1.165) is 0 Å². The maximum atomic E-state index is 12.2. The summed E-state index contributed by atoms with van der Waals surface area (Å²) in [5.74, 6) is -0.514. The summed E-state index contributed by atoms with van der Waals surface area (Å²) in [7, 11) is 1.59. The van der Waals surface area contributed by atoms with Gasteiger partial charge in [0.15, 0.2) is 5.84 Å². The van der Waals surface area contributed by atoms with Gasteiger partial charge < -0.3 is 21.4 Å². The number of carbonyl (C=O) groups excluding carboxylic acids is 1. The number of phenolic OH excluding ortho intramolecular Hbond substituents is 1. The highest BCUT2D eigenvalue weighted by molar-refractivity contribution is 6.32. The summed E-state index contributed by atoms with van der Waals surface area (Å²) in [6, 6.07) is 4.05. The van der Waals surface area contributed by atoms with Gasteiger partial charge in [-0.2, -0.15) is 5.10 Å². The lowest BCUT2D eigenvalue weighted by Gasteiger charge is -2.08.